The summed E-state index contributed by atoms with van der Waals surface area (Å²) in [6.45, 7) is 7.81. The molecule has 4 heteroatoms. The number of hydrogen-bond acceptors (Lipinski definition) is 4. The van der Waals surface area contributed by atoms with Crippen molar-refractivity contribution in [2.24, 2.45) is 9.98 Å². The van der Waals surface area contributed by atoms with Gasteiger partial charge in [0.15, 0.2) is 5.78 Å². The summed E-state index contributed by atoms with van der Waals surface area (Å²) in [7, 11) is 3.77. The van der Waals surface area contributed by atoms with Crippen LogP contribution in [-0.2, 0) is 4.79 Å². The Labute approximate surface area is 119 Å². The second-order valence-corrected chi connectivity index (χ2v) is 4.86. The lowest BCUT2D eigenvalue weighted by atomic mass is 9.84. The minimum absolute atomic E-state index is 0.0269. The number of allylic oxidation sites excluding steroid dienone is 6. The van der Waals surface area contributed by atoms with E-state index in [2.05, 4.69) is 16.6 Å². The molecule has 0 spiro atoms. The summed E-state index contributed by atoms with van der Waals surface area (Å²) in [5.74, 6) is 0.593. The van der Waals surface area contributed by atoms with Crippen LogP contribution in [0.2, 0.25) is 0 Å². The van der Waals surface area contributed by atoms with Gasteiger partial charge in [-0.2, -0.15) is 0 Å². The summed E-state index contributed by atoms with van der Waals surface area (Å²) in [4.78, 5) is 23.3. The number of ketones is 1. The Balaban J connectivity index is 2.65. The molecule has 0 unspecified atom stereocenters. The Morgan fingerprint density at radius 3 is 2.55 bits per heavy atom. The van der Waals surface area contributed by atoms with E-state index in [1.54, 1.807) is 0 Å². The molecule has 104 valence electrons. The monoisotopic (exact) mass is 269 g/mol. The first-order valence-corrected chi connectivity index (χ1v) is 6.66. The van der Waals surface area contributed by atoms with E-state index in [0.29, 0.717) is 29.2 Å². The molecule has 0 bridgehead atoms. The van der Waals surface area contributed by atoms with Crippen molar-refractivity contribution < 1.29 is 4.79 Å². The number of fused-ring (bicyclic) bond motifs is 1. The molecule has 0 aromatic heterocycles. The van der Waals surface area contributed by atoms with E-state index >= 15 is 0 Å². The normalized spacial score (nSPS) is 20.7. The third-order valence-corrected chi connectivity index (χ3v) is 3.27. The summed E-state index contributed by atoms with van der Waals surface area (Å²) in [6.07, 6.45) is 6.30. The van der Waals surface area contributed by atoms with Crippen LogP contribution >= 0.6 is 0 Å². The molecule has 0 aromatic rings. The fourth-order valence-corrected chi connectivity index (χ4v) is 2.18. The van der Waals surface area contributed by atoms with E-state index in [1.165, 1.54) is 0 Å². The van der Waals surface area contributed by atoms with Gasteiger partial charge >= 0.3 is 0 Å². The van der Waals surface area contributed by atoms with Crippen molar-refractivity contribution in [3.63, 3.8) is 0 Å². The van der Waals surface area contributed by atoms with E-state index < -0.39 is 0 Å². The fourth-order valence-electron chi connectivity index (χ4n) is 2.18. The van der Waals surface area contributed by atoms with Gasteiger partial charge in [0.25, 0.3) is 0 Å². The maximum absolute atomic E-state index is 12.4. The number of rotatable bonds is 2. The van der Waals surface area contributed by atoms with Gasteiger partial charge < -0.3 is 4.90 Å². The lowest BCUT2D eigenvalue weighted by molar-refractivity contribution is -0.112. The molecule has 20 heavy (non-hydrogen) atoms. The third-order valence-electron chi connectivity index (χ3n) is 3.27. The van der Waals surface area contributed by atoms with Gasteiger partial charge in [-0.3, -0.25) is 4.79 Å². The summed E-state index contributed by atoms with van der Waals surface area (Å²) >= 11 is 0. The Hall–Kier alpha value is -2.23. The van der Waals surface area contributed by atoms with Crippen LogP contribution in [0.1, 0.15) is 20.3 Å². The van der Waals surface area contributed by atoms with Crippen LogP contribution in [-0.4, -0.2) is 36.4 Å². The Kier molecular flexibility index (Phi) is 3.84. The van der Waals surface area contributed by atoms with Gasteiger partial charge in [-0.25, -0.2) is 9.98 Å². The van der Waals surface area contributed by atoms with Crippen LogP contribution in [0.4, 0.5) is 0 Å². The maximum atomic E-state index is 12.4. The Morgan fingerprint density at radius 1 is 1.30 bits per heavy atom. The van der Waals surface area contributed by atoms with Crippen molar-refractivity contribution >= 4 is 17.5 Å². The smallest absolute Gasteiger partial charge is 0.226 e. The van der Waals surface area contributed by atoms with Gasteiger partial charge in [0, 0.05) is 30.8 Å². The second-order valence-electron chi connectivity index (χ2n) is 4.86. The number of carbonyl (C=O) groups excluding carboxylic acids is 1. The summed E-state index contributed by atoms with van der Waals surface area (Å²) in [5.41, 5.74) is 3.42. The number of carbonyl (C=O) groups is 1. The summed E-state index contributed by atoms with van der Waals surface area (Å²) < 4.78 is 0. The quantitative estimate of drug-likeness (QED) is 0.723. The predicted octanol–water partition coefficient (Wildman–Crippen LogP) is 2.66. The highest BCUT2D eigenvalue weighted by Crippen LogP contribution is 2.33. The highest BCUT2D eigenvalue weighted by molar-refractivity contribution is 6.34. The highest BCUT2D eigenvalue weighted by Gasteiger charge is 2.34. The number of Topliss-reactive ketones (excluding diaryl/α,β-unsaturated/α-hetero) is 1. The Bertz CT molecular complexity index is 628. The van der Waals surface area contributed by atoms with Gasteiger partial charge in [0.05, 0.1) is 0 Å². The SMILES string of the molecule is C=C1C(=O)C(CC)=C2N=C(N(C)C)N=C2/C1=C/C=C\C. The molecule has 0 saturated heterocycles. The largest absolute Gasteiger partial charge is 0.347 e. The molecule has 0 radical (unpaired) electrons. The van der Waals surface area contributed by atoms with E-state index in [1.807, 2.05) is 51.1 Å². The molecule has 4 nitrogen and oxygen atoms in total. The zero-order valence-corrected chi connectivity index (χ0v) is 12.4. The molecular weight excluding hydrogens is 250 g/mol. The lowest BCUT2D eigenvalue weighted by Crippen LogP contribution is -2.22. The van der Waals surface area contributed by atoms with Crippen LogP contribution in [0, 0.1) is 0 Å². The van der Waals surface area contributed by atoms with Crippen LogP contribution in [0.5, 0.6) is 0 Å². The molecule has 1 aliphatic heterocycles. The number of nitrogens with zero attached hydrogens (tertiary/aromatic N) is 3. The average Bonchev–Trinajstić information content (AvgIpc) is 2.84. The van der Waals surface area contributed by atoms with E-state index in [0.717, 1.165) is 11.3 Å². The molecule has 0 fully saturated rings. The molecule has 0 saturated carbocycles. The summed E-state index contributed by atoms with van der Waals surface area (Å²) in [6, 6.07) is 0. The highest BCUT2D eigenvalue weighted by atomic mass is 16.1. The van der Waals surface area contributed by atoms with Crippen molar-refractivity contribution in [1.29, 1.82) is 0 Å². The van der Waals surface area contributed by atoms with Crippen LogP contribution in [0.15, 0.2) is 57.2 Å². The van der Waals surface area contributed by atoms with Gasteiger partial charge in [-0.15, -0.1) is 0 Å². The minimum atomic E-state index is -0.0269. The van der Waals surface area contributed by atoms with Crippen molar-refractivity contribution in [2.45, 2.75) is 20.3 Å². The van der Waals surface area contributed by atoms with Crippen molar-refractivity contribution in [2.75, 3.05) is 14.1 Å². The van der Waals surface area contributed by atoms with Crippen molar-refractivity contribution in [3.05, 3.63) is 47.2 Å². The zero-order valence-electron chi connectivity index (χ0n) is 12.4. The van der Waals surface area contributed by atoms with Gasteiger partial charge in [-0.05, 0) is 13.3 Å². The predicted molar refractivity (Wildman–Crippen MR) is 82.9 cm³/mol. The molecule has 2 rings (SSSR count). The van der Waals surface area contributed by atoms with Gasteiger partial charge in [0.2, 0.25) is 5.96 Å². The lowest BCUT2D eigenvalue weighted by Gasteiger charge is -2.19. The first kappa shape index (κ1) is 14.2. The first-order chi connectivity index (χ1) is 9.51. The number of guanidine groups is 1. The summed E-state index contributed by atoms with van der Waals surface area (Å²) in [5, 5.41) is 0. The van der Waals surface area contributed by atoms with Gasteiger partial charge in [0.1, 0.15) is 11.4 Å². The van der Waals surface area contributed by atoms with Crippen molar-refractivity contribution in [3.8, 4) is 0 Å². The third kappa shape index (κ3) is 2.18. The Morgan fingerprint density at radius 2 is 2.00 bits per heavy atom. The average molecular weight is 269 g/mol. The molecule has 0 atom stereocenters. The molecule has 0 amide bonds. The van der Waals surface area contributed by atoms with Crippen LogP contribution < -0.4 is 0 Å². The van der Waals surface area contributed by atoms with Gasteiger partial charge in [-0.1, -0.05) is 31.7 Å². The molecule has 0 aromatic carbocycles. The topological polar surface area (TPSA) is 45.0 Å². The van der Waals surface area contributed by atoms with E-state index in [-0.39, 0.29) is 5.78 Å². The molecular formula is C16H19N3O. The van der Waals surface area contributed by atoms with E-state index in [4.69, 9.17) is 0 Å². The standard InChI is InChI=1S/C16H19N3O/c1-6-8-9-12-10(3)15(20)11(7-2)13-14(12)18-16(17-13)19(4)5/h6,8-9H,3,7H2,1-2,4-5H3/b8-6-,12-9+. The zero-order chi connectivity index (χ0) is 14.9. The number of hydrogen-bond donors (Lipinski definition) is 0. The first-order valence-electron chi connectivity index (χ1n) is 6.66. The molecule has 1 heterocycles. The minimum Gasteiger partial charge on any atom is -0.347 e. The maximum Gasteiger partial charge on any atom is 0.226 e. The molecule has 1 aliphatic carbocycles. The number of aliphatic imine (C=N–C) groups is 2. The van der Waals surface area contributed by atoms with E-state index in [9.17, 15) is 4.79 Å². The van der Waals surface area contributed by atoms with Crippen LogP contribution in [0.25, 0.3) is 0 Å². The molecule has 0 N–H and O–H groups in total. The van der Waals surface area contributed by atoms with Crippen molar-refractivity contribution in [1.82, 2.24) is 4.90 Å². The fraction of sp³-hybridized carbons (Fsp3) is 0.312. The second kappa shape index (κ2) is 5.41. The molecule has 2 aliphatic rings. The van der Waals surface area contributed by atoms with Crippen LogP contribution in [0.3, 0.4) is 0 Å².